The monoisotopic (exact) mass is 232 g/mol. The molecule has 2 rings (SSSR count). The largest absolute Gasteiger partial charge is 0.343 e. The zero-order chi connectivity index (χ0) is 12.4. The van der Waals surface area contributed by atoms with E-state index in [0.717, 1.165) is 5.56 Å². The summed E-state index contributed by atoms with van der Waals surface area (Å²) >= 11 is 0. The molecule has 1 heterocycles. The maximum atomic E-state index is 11.9. The first kappa shape index (κ1) is 11.6. The highest BCUT2D eigenvalue weighted by Crippen LogP contribution is 2.10. The van der Waals surface area contributed by atoms with E-state index in [9.17, 15) is 9.59 Å². The summed E-state index contributed by atoms with van der Waals surface area (Å²) in [5.41, 5.74) is 2.23. The van der Waals surface area contributed by atoms with Gasteiger partial charge in [-0.15, -0.1) is 0 Å². The topological polar surface area (TPSA) is 49.4 Å². The lowest BCUT2D eigenvalue weighted by molar-refractivity contribution is -0.144. The molecular formula is C13H16N2O2. The predicted molar refractivity (Wildman–Crippen MR) is 64.2 cm³/mol. The van der Waals surface area contributed by atoms with E-state index in [1.807, 2.05) is 31.2 Å². The number of hydrogen-bond donors (Lipinski definition) is 1. The van der Waals surface area contributed by atoms with E-state index in [1.54, 1.807) is 11.8 Å². The van der Waals surface area contributed by atoms with Gasteiger partial charge in [-0.2, -0.15) is 0 Å². The fourth-order valence-electron chi connectivity index (χ4n) is 1.92. The summed E-state index contributed by atoms with van der Waals surface area (Å²) in [5.74, 6) is -0.116. The number of benzene rings is 1. The Balaban J connectivity index is 2.09. The summed E-state index contributed by atoms with van der Waals surface area (Å²) in [5, 5.41) is 2.62. The van der Waals surface area contributed by atoms with Crippen LogP contribution >= 0.6 is 0 Å². The van der Waals surface area contributed by atoms with Gasteiger partial charge in [-0.05, 0) is 19.4 Å². The third-order valence-electron chi connectivity index (χ3n) is 2.89. The second-order valence-corrected chi connectivity index (χ2v) is 4.47. The third kappa shape index (κ3) is 2.64. The summed E-state index contributed by atoms with van der Waals surface area (Å²) in [6, 6.07) is 7.57. The Hall–Kier alpha value is -1.84. The first-order valence-corrected chi connectivity index (χ1v) is 5.70. The second kappa shape index (κ2) is 4.57. The Kier molecular flexibility index (Phi) is 3.13. The van der Waals surface area contributed by atoms with Gasteiger partial charge in [0.1, 0.15) is 6.04 Å². The van der Waals surface area contributed by atoms with Crippen molar-refractivity contribution in [3.63, 3.8) is 0 Å². The highest BCUT2D eigenvalue weighted by Gasteiger charge is 2.29. The molecule has 1 aliphatic heterocycles. The molecular weight excluding hydrogens is 216 g/mol. The number of nitrogens with zero attached hydrogens (tertiary/aromatic N) is 1. The molecule has 2 amide bonds. The molecule has 1 N–H and O–H groups in total. The number of amides is 2. The van der Waals surface area contributed by atoms with Gasteiger partial charge < -0.3 is 10.2 Å². The van der Waals surface area contributed by atoms with Crippen LogP contribution in [-0.4, -0.2) is 29.3 Å². The van der Waals surface area contributed by atoms with Crippen LogP contribution in [0.1, 0.15) is 18.1 Å². The van der Waals surface area contributed by atoms with Gasteiger partial charge in [-0.25, -0.2) is 0 Å². The van der Waals surface area contributed by atoms with E-state index in [-0.39, 0.29) is 18.4 Å². The van der Waals surface area contributed by atoms with Crippen LogP contribution in [0.25, 0.3) is 0 Å². The van der Waals surface area contributed by atoms with Crippen molar-refractivity contribution >= 4 is 11.8 Å². The molecule has 17 heavy (non-hydrogen) atoms. The summed E-state index contributed by atoms with van der Waals surface area (Å²) in [4.78, 5) is 24.8. The van der Waals surface area contributed by atoms with E-state index in [2.05, 4.69) is 5.32 Å². The lowest BCUT2D eigenvalue weighted by Crippen LogP contribution is -2.56. The molecule has 1 unspecified atom stereocenters. The van der Waals surface area contributed by atoms with Crippen LogP contribution in [0.4, 0.5) is 0 Å². The molecule has 0 bridgehead atoms. The Morgan fingerprint density at radius 1 is 1.29 bits per heavy atom. The minimum Gasteiger partial charge on any atom is -0.343 e. The molecule has 0 aliphatic carbocycles. The normalized spacial score (nSPS) is 20.4. The fourth-order valence-corrected chi connectivity index (χ4v) is 1.92. The molecule has 0 saturated carbocycles. The van der Waals surface area contributed by atoms with E-state index < -0.39 is 6.04 Å². The highest BCUT2D eigenvalue weighted by atomic mass is 16.2. The van der Waals surface area contributed by atoms with Crippen LogP contribution in [0.5, 0.6) is 0 Å². The minimum absolute atomic E-state index is 0.0230. The fraction of sp³-hybridized carbons (Fsp3) is 0.385. The molecule has 1 saturated heterocycles. The van der Waals surface area contributed by atoms with Gasteiger partial charge in [-0.3, -0.25) is 9.59 Å². The molecule has 1 aromatic carbocycles. The van der Waals surface area contributed by atoms with Crippen LogP contribution < -0.4 is 5.32 Å². The Labute approximate surface area is 101 Å². The lowest BCUT2D eigenvalue weighted by Gasteiger charge is -2.30. The lowest BCUT2D eigenvalue weighted by atomic mass is 10.1. The zero-order valence-corrected chi connectivity index (χ0v) is 10.1. The number of nitrogens with one attached hydrogen (secondary N) is 1. The van der Waals surface area contributed by atoms with Crippen molar-refractivity contribution in [3.8, 4) is 0 Å². The Morgan fingerprint density at radius 3 is 2.59 bits per heavy atom. The molecule has 1 atom stereocenters. The summed E-state index contributed by atoms with van der Waals surface area (Å²) in [7, 11) is 0. The van der Waals surface area contributed by atoms with Crippen LogP contribution in [0.2, 0.25) is 0 Å². The molecule has 0 aromatic heterocycles. The average Bonchev–Trinajstić information content (AvgIpc) is 2.28. The number of aryl methyl sites for hydroxylation is 1. The maximum Gasteiger partial charge on any atom is 0.245 e. The van der Waals surface area contributed by atoms with Crippen molar-refractivity contribution < 1.29 is 9.59 Å². The van der Waals surface area contributed by atoms with Crippen molar-refractivity contribution in [1.82, 2.24) is 10.2 Å². The van der Waals surface area contributed by atoms with Crippen LogP contribution in [0.3, 0.4) is 0 Å². The number of piperazine rings is 1. The number of hydrogen-bond acceptors (Lipinski definition) is 2. The molecule has 1 aromatic rings. The van der Waals surface area contributed by atoms with E-state index >= 15 is 0 Å². The van der Waals surface area contributed by atoms with Crippen molar-refractivity contribution in [2.75, 3.05) is 6.54 Å². The van der Waals surface area contributed by atoms with Crippen molar-refractivity contribution in [2.45, 2.75) is 26.4 Å². The smallest absolute Gasteiger partial charge is 0.245 e. The van der Waals surface area contributed by atoms with Crippen molar-refractivity contribution in [2.24, 2.45) is 0 Å². The van der Waals surface area contributed by atoms with Gasteiger partial charge in [0, 0.05) is 6.54 Å². The second-order valence-electron chi connectivity index (χ2n) is 4.47. The first-order valence-electron chi connectivity index (χ1n) is 5.70. The van der Waals surface area contributed by atoms with E-state index in [1.165, 1.54) is 5.56 Å². The molecule has 4 nitrogen and oxygen atoms in total. The summed E-state index contributed by atoms with van der Waals surface area (Å²) in [6.45, 7) is 4.38. The van der Waals surface area contributed by atoms with Crippen LogP contribution in [-0.2, 0) is 16.1 Å². The molecule has 0 radical (unpaired) electrons. The van der Waals surface area contributed by atoms with Crippen LogP contribution in [0.15, 0.2) is 24.3 Å². The highest BCUT2D eigenvalue weighted by molar-refractivity contribution is 5.94. The number of carbonyl (C=O) groups excluding carboxylic acids is 2. The quantitative estimate of drug-likeness (QED) is 0.821. The third-order valence-corrected chi connectivity index (χ3v) is 2.89. The molecule has 4 heteroatoms. The molecule has 1 aliphatic rings. The number of rotatable bonds is 2. The van der Waals surface area contributed by atoms with E-state index in [4.69, 9.17) is 0 Å². The minimum atomic E-state index is -0.415. The first-order chi connectivity index (χ1) is 8.06. The van der Waals surface area contributed by atoms with Crippen LogP contribution in [0, 0.1) is 6.92 Å². The van der Waals surface area contributed by atoms with Gasteiger partial charge in [-0.1, -0.05) is 29.8 Å². The number of carbonyl (C=O) groups is 2. The maximum absolute atomic E-state index is 11.9. The molecule has 1 fully saturated rings. The summed E-state index contributed by atoms with van der Waals surface area (Å²) in [6.07, 6.45) is 0. The Bertz CT molecular complexity index is 439. The zero-order valence-electron chi connectivity index (χ0n) is 10.1. The molecule has 90 valence electrons. The van der Waals surface area contributed by atoms with E-state index in [0.29, 0.717) is 6.54 Å². The predicted octanol–water partition coefficient (Wildman–Crippen LogP) is 0.842. The summed E-state index contributed by atoms with van der Waals surface area (Å²) < 4.78 is 0. The van der Waals surface area contributed by atoms with Crippen molar-refractivity contribution in [1.29, 1.82) is 0 Å². The van der Waals surface area contributed by atoms with Gasteiger partial charge >= 0.3 is 0 Å². The molecule has 0 spiro atoms. The van der Waals surface area contributed by atoms with Gasteiger partial charge in [0.05, 0.1) is 6.54 Å². The standard InChI is InChI=1S/C13H16N2O2/c1-9-3-5-11(6-4-9)7-15-8-12(16)14-10(2)13(15)17/h3-6,10H,7-8H2,1-2H3,(H,14,16). The van der Waals surface area contributed by atoms with Gasteiger partial charge in [0.15, 0.2) is 0 Å². The van der Waals surface area contributed by atoms with Gasteiger partial charge in [0.2, 0.25) is 11.8 Å². The Morgan fingerprint density at radius 2 is 1.94 bits per heavy atom. The SMILES string of the molecule is Cc1ccc(CN2CC(=O)NC(C)C2=O)cc1. The van der Waals surface area contributed by atoms with Gasteiger partial charge in [0.25, 0.3) is 0 Å². The average molecular weight is 232 g/mol. The van der Waals surface area contributed by atoms with Crippen molar-refractivity contribution in [3.05, 3.63) is 35.4 Å².